The number of benzene rings is 1. The molecular formula is C16H21NO2. The zero-order chi connectivity index (χ0) is 13.3. The molecule has 1 aromatic rings. The minimum Gasteiger partial charge on any atom is -0.411 e. The summed E-state index contributed by atoms with van der Waals surface area (Å²) in [6, 6.07) is 9.64. The molecular weight excluding hydrogens is 238 g/mol. The van der Waals surface area contributed by atoms with E-state index >= 15 is 0 Å². The number of hydrogen-bond donors (Lipinski definition) is 2. The predicted octanol–water partition coefficient (Wildman–Crippen LogP) is 3.30. The molecule has 3 unspecified atom stereocenters. The van der Waals surface area contributed by atoms with Crippen LogP contribution in [0, 0.1) is 11.8 Å². The summed E-state index contributed by atoms with van der Waals surface area (Å²) >= 11 is 0. The second-order valence-electron chi connectivity index (χ2n) is 5.99. The molecule has 2 saturated carbocycles. The van der Waals surface area contributed by atoms with Crippen LogP contribution in [0.1, 0.15) is 44.1 Å². The Bertz CT molecular complexity index is 471. The normalized spacial score (nSPS) is 37.0. The van der Waals surface area contributed by atoms with Gasteiger partial charge in [-0.2, -0.15) is 0 Å². The lowest BCUT2D eigenvalue weighted by molar-refractivity contribution is 0.0305. The van der Waals surface area contributed by atoms with Gasteiger partial charge in [-0.3, -0.25) is 0 Å². The van der Waals surface area contributed by atoms with Crippen LogP contribution in [0.4, 0.5) is 0 Å². The fourth-order valence-corrected chi connectivity index (χ4v) is 3.86. The molecule has 2 aliphatic carbocycles. The average molecular weight is 259 g/mol. The fraction of sp³-hybridized carbons (Fsp3) is 0.562. The maximum Gasteiger partial charge on any atom is 0.131 e. The molecule has 102 valence electrons. The van der Waals surface area contributed by atoms with Crippen molar-refractivity contribution >= 4 is 5.71 Å². The highest BCUT2D eigenvalue weighted by molar-refractivity contribution is 5.93. The van der Waals surface area contributed by atoms with Crippen LogP contribution in [0.2, 0.25) is 0 Å². The SMILES string of the molecule is O/N=C1\CC2CCCCC2CC1(O)c1ccccc1. The maximum atomic E-state index is 11.1. The van der Waals surface area contributed by atoms with Crippen molar-refractivity contribution in [2.24, 2.45) is 17.0 Å². The summed E-state index contributed by atoms with van der Waals surface area (Å²) in [4.78, 5) is 0. The van der Waals surface area contributed by atoms with Gasteiger partial charge in [-0.15, -0.1) is 0 Å². The summed E-state index contributed by atoms with van der Waals surface area (Å²) in [5.74, 6) is 1.15. The van der Waals surface area contributed by atoms with Crippen LogP contribution in [0.15, 0.2) is 35.5 Å². The zero-order valence-electron chi connectivity index (χ0n) is 11.1. The van der Waals surface area contributed by atoms with Crippen molar-refractivity contribution in [3.63, 3.8) is 0 Å². The van der Waals surface area contributed by atoms with E-state index in [1.54, 1.807) is 0 Å². The Morgan fingerprint density at radius 2 is 1.74 bits per heavy atom. The summed E-state index contributed by atoms with van der Waals surface area (Å²) in [6.45, 7) is 0. The largest absolute Gasteiger partial charge is 0.411 e. The summed E-state index contributed by atoms with van der Waals surface area (Å²) < 4.78 is 0. The van der Waals surface area contributed by atoms with Gasteiger partial charge in [-0.25, -0.2) is 0 Å². The van der Waals surface area contributed by atoms with Crippen molar-refractivity contribution in [1.82, 2.24) is 0 Å². The Morgan fingerprint density at radius 1 is 1.05 bits per heavy atom. The van der Waals surface area contributed by atoms with E-state index in [9.17, 15) is 10.3 Å². The minimum atomic E-state index is -1.07. The van der Waals surface area contributed by atoms with Crippen molar-refractivity contribution in [3.8, 4) is 0 Å². The van der Waals surface area contributed by atoms with E-state index in [4.69, 9.17) is 0 Å². The molecule has 3 heteroatoms. The molecule has 2 N–H and O–H groups in total. The molecule has 2 aliphatic rings. The van der Waals surface area contributed by atoms with Crippen molar-refractivity contribution < 1.29 is 10.3 Å². The van der Waals surface area contributed by atoms with Gasteiger partial charge in [0, 0.05) is 0 Å². The number of rotatable bonds is 1. The van der Waals surface area contributed by atoms with Crippen molar-refractivity contribution in [1.29, 1.82) is 0 Å². The number of nitrogens with zero attached hydrogens (tertiary/aromatic N) is 1. The Labute approximate surface area is 114 Å². The number of aliphatic hydroxyl groups is 1. The Hall–Kier alpha value is -1.35. The van der Waals surface area contributed by atoms with Crippen LogP contribution in [0.3, 0.4) is 0 Å². The lowest BCUT2D eigenvalue weighted by atomic mass is 9.63. The van der Waals surface area contributed by atoms with Gasteiger partial charge >= 0.3 is 0 Å². The first-order valence-corrected chi connectivity index (χ1v) is 7.23. The highest BCUT2D eigenvalue weighted by atomic mass is 16.4. The minimum absolute atomic E-state index is 0.543. The highest BCUT2D eigenvalue weighted by Gasteiger charge is 2.46. The molecule has 2 fully saturated rings. The third-order valence-corrected chi connectivity index (χ3v) is 4.93. The van der Waals surface area contributed by atoms with Gasteiger partial charge < -0.3 is 10.3 Å². The molecule has 0 saturated heterocycles. The van der Waals surface area contributed by atoms with Crippen molar-refractivity contribution in [2.75, 3.05) is 0 Å². The van der Waals surface area contributed by atoms with Crippen LogP contribution in [-0.2, 0) is 5.60 Å². The third kappa shape index (κ3) is 2.16. The van der Waals surface area contributed by atoms with E-state index in [-0.39, 0.29) is 0 Å². The number of hydrogen-bond acceptors (Lipinski definition) is 3. The molecule has 0 radical (unpaired) electrons. The molecule has 3 nitrogen and oxygen atoms in total. The van der Waals surface area contributed by atoms with E-state index in [0.717, 1.165) is 12.0 Å². The first kappa shape index (κ1) is 12.7. The lowest BCUT2D eigenvalue weighted by Crippen LogP contribution is -2.46. The van der Waals surface area contributed by atoms with Crippen molar-refractivity contribution in [2.45, 2.75) is 44.1 Å². The second-order valence-corrected chi connectivity index (χ2v) is 5.99. The average Bonchev–Trinajstić information content (AvgIpc) is 2.47. The van der Waals surface area contributed by atoms with E-state index in [1.807, 2.05) is 30.3 Å². The van der Waals surface area contributed by atoms with Gasteiger partial charge in [0.15, 0.2) is 0 Å². The van der Waals surface area contributed by atoms with Crippen LogP contribution >= 0.6 is 0 Å². The molecule has 0 aromatic heterocycles. The fourth-order valence-electron chi connectivity index (χ4n) is 3.86. The topological polar surface area (TPSA) is 52.8 Å². The standard InChI is InChI=1S/C16H21NO2/c18-16(14-8-2-1-3-9-14)11-13-7-5-4-6-12(13)10-15(16)17-19/h1-3,8-9,12-13,18-19H,4-7,10-11H2/b17-15+. The Kier molecular flexibility index (Phi) is 3.31. The van der Waals surface area contributed by atoms with Gasteiger partial charge in [-0.05, 0) is 36.7 Å². The van der Waals surface area contributed by atoms with Crippen LogP contribution in [0.5, 0.6) is 0 Å². The molecule has 3 rings (SSSR count). The molecule has 0 heterocycles. The Morgan fingerprint density at radius 3 is 2.42 bits per heavy atom. The second kappa shape index (κ2) is 4.97. The quantitative estimate of drug-likeness (QED) is 0.600. The monoisotopic (exact) mass is 259 g/mol. The smallest absolute Gasteiger partial charge is 0.131 e. The molecule has 3 atom stereocenters. The maximum absolute atomic E-state index is 11.1. The van der Waals surface area contributed by atoms with E-state index in [1.165, 1.54) is 25.7 Å². The molecule has 19 heavy (non-hydrogen) atoms. The van der Waals surface area contributed by atoms with E-state index in [2.05, 4.69) is 5.16 Å². The number of oxime groups is 1. The number of fused-ring (bicyclic) bond motifs is 1. The molecule has 0 spiro atoms. The molecule has 0 bridgehead atoms. The molecule has 0 amide bonds. The first-order valence-electron chi connectivity index (χ1n) is 7.23. The van der Waals surface area contributed by atoms with Crippen molar-refractivity contribution in [3.05, 3.63) is 35.9 Å². The highest BCUT2D eigenvalue weighted by Crippen LogP contribution is 2.46. The molecule has 1 aromatic carbocycles. The van der Waals surface area contributed by atoms with Gasteiger partial charge in [0.2, 0.25) is 0 Å². The van der Waals surface area contributed by atoms with Crippen LogP contribution in [-0.4, -0.2) is 16.0 Å². The van der Waals surface area contributed by atoms with Gasteiger partial charge in [0.25, 0.3) is 0 Å². The lowest BCUT2D eigenvalue weighted by Gasteiger charge is -2.44. The third-order valence-electron chi connectivity index (χ3n) is 4.93. The molecule has 0 aliphatic heterocycles. The van der Waals surface area contributed by atoms with Gasteiger partial charge in [0.05, 0.1) is 5.71 Å². The van der Waals surface area contributed by atoms with Crippen LogP contribution in [0.25, 0.3) is 0 Å². The predicted molar refractivity (Wildman–Crippen MR) is 74.2 cm³/mol. The Balaban J connectivity index is 1.95. The van der Waals surface area contributed by atoms with E-state index < -0.39 is 5.60 Å². The summed E-state index contributed by atoms with van der Waals surface area (Å²) in [5.41, 5.74) is 0.322. The summed E-state index contributed by atoms with van der Waals surface area (Å²) in [6.07, 6.45) is 6.35. The summed E-state index contributed by atoms with van der Waals surface area (Å²) in [7, 11) is 0. The van der Waals surface area contributed by atoms with Gasteiger partial charge in [-0.1, -0.05) is 54.8 Å². The summed E-state index contributed by atoms with van der Waals surface area (Å²) in [5, 5.41) is 23.8. The van der Waals surface area contributed by atoms with Gasteiger partial charge in [0.1, 0.15) is 5.60 Å². The van der Waals surface area contributed by atoms with E-state index in [0.29, 0.717) is 24.0 Å². The zero-order valence-corrected chi connectivity index (χ0v) is 11.1. The van der Waals surface area contributed by atoms with Crippen LogP contribution < -0.4 is 0 Å². The first-order chi connectivity index (χ1) is 9.24.